The number of hydrogen-bond donors (Lipinski definition) is 1. The molecule has 0 unspecified atom stereocenters. The van der Waals surface area contributed by atoms with Crippen LogP contribution in [0.1, 0.15) is 29.3 Å². The molecule has 0 aliphatic carbocycles. The lowest BCUT2D eigenvalue weighted by atomic mass is 10.0. The molecule has 0 saturated heterocycles. The monoisotopic (exact) mass is 559 g/mol. The molecule has 1 aliphatic rings. The zero-order chi connectivity index (χ0) is 27.0. The van der Waals surface area contributed by atoms with Gasteiger partial charge in [-0.05, 0) is 79.9 Å². The molecule has 0 radical (unpaired) electrons. The standard InChI is InChI=1S/C29H25N3O5S2/c1-2-36-22-11-14-26-21(16-22)17-27(37-26)24-18-38-29(30-24)31-28(33)20-9-12-23(13-10-20)39(34,35)32-15-5-7-19-6-3-4-8-25(19)32/h3-4,6,8-14,16-18H,2,5,7,15H2,1H3,(H,30,31,33). The second-order valence-corrected chi connectivity index (χ2v) is 11.8. The summed E-state index contributed by atoms with van der Waals surface area (Å²) < 4.78 is 39.7. The Kier molecular flexibility index (Phi) is 6.58. The summed E-state index contributed by atoms with van der Waals surface area (Å²) in [4.78, 5) is 17.5. The summed E-state index contributed by atoms with van der Waals surface area (Å²) >= 11 is 1.28. The van der Waals surface area contributed by atoms with Gasteiger partial charge in [0.1, 0.15) is 17.0 Å². The maximum absolute atomic E-state index is 13.4. The molecule has 1 amide bonds. The molecule has 8 nitrogen and oxygen atoms in total. The van der Waals surface area contributed by atoms with E-state index in [1.54, 1.807) is 0 Å². The van der Waals surface area contributed by atoms with Crippen molar-refractivity contribution in [3.8, 4) is 17.2 Å². The summed E-state index contributed by atoms with van der Waals surface area (Å²) in [6.45, 7) is 2.94. The molecule has 6 rings (SSSR count). The third-order valence-electron chi connectivity index (χ3n) is 6.55. The third kappa shape index (κ3) is 4.88. The Labute approximate surface area is 229 Å². The van der Waals surface area contributed by atoms with E-state index in [1.807, 2.05) is 60.8 Å². The summed E-state index contributed by atoms with van der Waals surface area (Å²) in [6, 6.07) is 21.0. The van der Waals surface area contributed by atoms with Gasteiger partial charge >= 0.3 is 0 Å². The van der Waals surface area contributed by atoms with Crippen LogP contribution in [0.25, 0.3) is 22.4 Å². The fourth-order valence-corrected chi connectivity index (χ4v) is 6.91. The first kappa shape index (κ1) is 25.1. The number of thiazole rings is 1. The van der Waals surface area contributed by atoms with Gasteiger partial charge in [-0.1, -0.05) is 18.2 Å². The number of hydrogen-bond acceptors (Lipinski definition) is 7. The van der Waals surface area contributed by atoms with Crippen molar-refractivity contribution in [2.75, 3.05) is 22.8 Å². The lowest BCUT2D eigenvalue weighted by Gasteiger charge is -2.30. The van der Waals surface area contributed by atoms with Gasteiger partial charge in [0.05, 0.1) is 17.2 Å². The van der Waals surface area contributed by atoms with Crippen LogP contribution in [0, 0.1) is 0 Å². The van der Waals surface area contributed by atoms with Crippen molar-refractivity contribution in [2.24, 2.45) is 0 Å². The highest BCUT2D eigenvalue weighted by Crippen LogP contribution is 2.33. The molecule has 0 spiro atoms. The van der Waals surface area contributed by atoms with Crippen molar-refractivity contribution in [2.45, 2.75) is 24.7 Å². The Bertz CT molecular complexity index is 1770. The number of sulfonamides is 1. The highest BCUT2D eigenvalue weighted by Gasteiger charge is 2.29. The van der Waals surface area contributed by atoms with Crippen molar-refractivity contribution >= 4 is 49.1 Å². The number of furan rings is 1. The Morgan fingerprint density at radius 1 is 1.10 bits per heavy atom. The topological polar surface area (TPSA) is 102 Å². The second-order valence-electron chi connectivity index (χ2n) is 9.07. The number of amides is 1. The molecule has 3 aromatic carbocycles. The van der Waals surface area contributed by atoms with Crippen molar-refractivity contribution in [1.82, 2.24) is 4.98 Å². The Morgan fingerprint density at radius 2 is 1.92 bits per heavy atom. The van der Waals surface area contributed by atoms with Crippen LogP contribution in [0.3, 0.4) is 0 Å². The quantitative estimate of drug-likeness (QED) is 0.249. The number of ether oxygens (including phenoxy) is 1. The van der Waals surface area contributed by atoms with E-state index < -0.39 is 10.0 Å². The molecule has 10 heteroatoms. The number of anilines is 2. The van der Waals surface area contributed by atoms with Crippen molar-refractivity contribution in [3.05, 3.63) is 89.3 Å². The number of benzene rings is 3. The van der Waals surface area contributed by atoms with E-state index in [0.717, 1.165) is 35.1 Å². The van der Waals surface area contributed by atoms with Crippen molar-refractivity contribution in [1.29, 1.82) is 0 Å². The Hall–Kier alpha value is -4.15. The highest BCUT2D eigenvalue weighted by atomic mass is 32.2. The Morgan fingerprint density at radius 3 is 2.74 bits per heavy atom. The molecule has 3 heterocycles. The smallest absolute Gasteiger partial charge is 0.264 e. The van der Waals surface area contributed by atoms with E-state index in [-0.39, 0.29) is 10.8 Å². The highest BCUT2D eigenvalue weighted by molar-refractivity contribution is 7.92. The molecule has 0 atom stereocenters. The molecule has 39 heavy (non-hydrogen) atoms. The van der Waals surface area contributed by atoms with Gasteiger partial charge in [0.15, 0.2) is 10.9 Å². The number of nitrogens with zero attached hydrogens (tertiary/aromatic N) is 2. The number of carbonyl (C=O) groups excluding carboxylic acids is 1. The van der Waals surface area contributed by atoms with E-state index in [2.05, 4.69) is 10.3 Å². The van der Waals surface area contributed by atoms with Crippen molar-refractivity contribution in [3.63, 3.8) is 0 Å². The number of nitrogens with one attached hydrogen (secondary N) is 1. The van der Waals surface area contributed by atoms with Crippen LogP contribution in [0.5, 0.6) is 5.75 Å². The maximum atomic E-state index is 13.4. The number of aromatic nitrogens is 1. The largest absolute Gasteiger partial charge is 0.494 e. The van der Waals surface area contributed by atoms with Gasteiger partial charge in [-0.2, -0.15) is 0 Å². The van der Waals surface area contributed by atoms with Gasteiger partial charge in [-0.25, -0.2) is 13.4 Å². The minimum absolute atomic E-state index is 0.143. The lowest BCUT2D eigenvalue weighted by Crippen LogP contribution is -2.35. The van der Waals surface area contributed by atoms with Crippen LogP contribution in [-0.2, 0) is 16.4 Å². The number of fused-ring (bicyclic) bond motifs is 2. The minimum atomic E-state index is -3.75. The van der Waals surface area contributed by atoms with Gasteiger partial charge in [-0.15, -0.1) is 11.3 Å². The third-order valence-corrected chi connectivity index (χ3v) is 9.13. The van der Waals surface area contributed by atoms with Crippen LogP contribution < -0.4 is 14.4 Å². The Balaban J connectivity index is 1.17. The van der Waals surface area contributed by atoms with Crippen LogP contribution >= 0.6 is 11.3 Å². The van der Waals surface area contributed by atoms with E-state index >= 15 is 0 Å². The number of rotatable bonds is 7. The fourth-order valence-electron chi connectivity index (χ4n) is 4.67. The van der Waals surface area contributed by atoms with Crippen molar-refractivity contribution < 1.29 is 22.4 Å². The first-order valence-corrected chi connectivity index (χ1v) is 14.9. The minimum Gasteiger partial charge on any atom is -0.494 e. The van der Waals surface area contributed by atoms with Gasteiger partial charge in [0, 0.05) is 22.9 Å². The van der Waals surface area contributed by atoms with E-state index in [4.69, 9.17) is 9.15 Å². The van der Waals surface area contributed by atoms with Gasteiger partial charge in [0.2, 0.25) is 0 Å². The molecule has 5 aromatic rings. The summed E-state index contributed by atoms with van der Waals surface area (Å²) in [7, 11) is -3.75. The molecule has 198 valence electrons. The number of para-hydroxylation sites is 1. The maximum Gasteiger partial charge on any atom is 0.264 e. The summed E-state index contributed by atoms with van der Waals surface area (Å²) in [5.74, 6) is 0.974. The van der Waals surface area contributed by atoms with Gasteiger partial charge in [0.25, 0.3) is 15.9 Å². The normalized spacial score (nSPS) is 13.3. The predicted molar refractivity (Wildman–Crippen MR) is 152 cm³/mol. The van der Waals surface area contributed by atoms with Crippen LogP contribution in [0.2, 0.25) is 0 Å². The SMILES string of the molecule is CCOc1ccc2oc(-c3csc(NC(=O)c4ccc(S(=O)(=O)N5CCCc6ccccc65)cc4)n3)cc2c1. The summed E-state index contributed by atoms with van der Waals surface area (Å²) in [5.41, 5.74) is 3.38. The first-order chi connectivity index (χ1) is 18.9. The number of aryl methyl sites for hydroxylation is 1. The molecule has 0 fully saturated rings. The second kappa shape index (κ2) is 10.2. The van der Waals surface area contributed by atoms with Crippen LogP contribution in [0.15, 0.2) is 87.5 Å². The van der Waals surface area contributed by atoms with Gasteiger partial charge < -0.3 is 9.15 Å². The molecular formula is C29H25N3O5S2. The zero-order valence-electron chi connectivity index (χ0n) is 21.1. The van der Waals surface area contributed by atoms with E-state index in [0.29, 0.717) is 41.0 Å². The summed E-state index contributed by atoms with van der Waals surface area (Å²) in [6.07, 6.45) is 1.61. The van der Waals surface area contributed by atoms with E-state index in [9.17, 15) is 13.2 Å². The number of carbonyl (C=O) groups is 1. The molecule has 1 aliphatic heterocycles. The molecular weight excluding hydrogens is 534 g/mol. The first-order valence-electron chi connectivity index (χ1n) is 12.6. The molecule has 1 N–H and O–H groups in total. The average Bonchev–Trinajstić information content (AvgIpc) is 3.60. The van der Waals surface area contributed by atoms with E-state index in [1.165, 1.54) is 39.9 Å². The predicted octanol–water partition coefficient (Wildman–Crippen LogP) is 6.35. The fraction of sp³-hybridized carbons (Fsp3) is 0.172. The lowest BCUT2D eigenvalue weighted by molar-refractivity contribution is 0.102. The zero-order valence-corrected chi connectivity index (χ0v) is 22.7. The van der Waals surface area contributed by atoms with Crippen LogP contribution in [-0.4, -0.2) is 32.5 Å². The molecule has 0 bridgehead atoms. The van der Waals surface area contributed by atoms with Crippen LogP contribution in [0.4, 0.5) is 10.8 Å². The molecule has 2 aromatic heterocycles. The molecule has 0 saturated carbocycles. The average molecular weight is 560 g/mol. The van der Waals surface area contributed by atoms with Gasteiger partial charge in [-0.3, -0.25) is 14.4 Å². The summed E-state index contributed by atoms with van der Waals surface area (Å²) in [5, 5.41) is 5.91.